The maximum absolute atomic E-state index is 15.1. The maximum atomic E-state index is 15.1. The van der Waals surface area contributed by atoms with Gasteiger partial charge in [0.25, 0.3) is 5.91 Å². The molecule has 3 aromatic rings. The van der Waals surface area contributed by atoms with Crippen LogP contribution < -0.4 is 11.1 Å². The molecule has 0 bridgehead atoms. The highest BCUT2D eigenvalue weighted by molar-refractivity contribution is 6.30. The van der Waals surface area contributed by atoms with Gasteiger partial charge in [-0.15, -0.1) is 0 Å². The number of halogens is 2. The second-order valence-electron chi connectivity index (χ2n) is 9.96. The number of carbonyl (C=O) groups is 1. The van der Waals surface area contributed by atoms with Gasteiger partial charge in [-0.1, -0.05) is 43.6 Å². The maximum Gasteiger partial charge on any atom is 0.254 e. The monoisotopic (exact) mass is 512 g/mol. The largest absolute Gasteiger partial charge is 0.394 e. The van der Waals surface area contributed by atoms with Crippen LogP contribution in [0.5, 0.6) is 0 Å². The number of aromatic nitrogens is 2. The second kappa shape index (κ2) is 10.5. The number of nitrogens with zero attached hydrogens (tertiary/aromatic N) is 2. The summed E-state index contributed by atoms with van der Waals surface area (Å²) in [5, 5.41) is 23.4. The fraction of sp³-hybridized carbons (Fsp3) is 0.370. The number of anilines is 1. The Bertz CT molecular complexity index is 1270. The summed E-state index contributed by atoms with van der Waals surface area (Å²) in [4.78, 5) is 21.7. The van der Waals surface area contributed by atoms with Gasteiger partial charge in [0.1, 0.15) is 17.3 Å². The first kappa shape index (κ1) is 26.0. The van der Waals surface area contributed by atoms with Crippen molar-refractivity contribution >= 4 is 23.3 Å². The third-order valence-electron chi connectivity index (χ3n) is 7.01. The van der Waals surface area contributed by atoms with Crippen LogP contribution in [0.3, 0.4) is 0 Å². The summed E-state index contributed by atoms with van der Waals surface area (Å²) in [6.07, 6.45) is 3.43. The third kappa shape index (κ3) is 5.51. The summed E-state index contributed by atoms with van der Waals surface area (Å²) in [6.45, 7) is 3.72. The average molecular weight is 513 g/mol. The van der Waals surface area contributed by atoms with Crippen molar-refractivity contribution in [2.45, 2.75) is 51.2 Å². The minimum Gasteiger partial charge on any atom is -0.394 e. The molecule has 1 saturated carbocycles. The normalized spacial score (nSPS) is 20.1. The molecular formula is C27H30ClFN4O3. The Labute approximate surface area is 214 Å². The van der Waals surface area contributed by atoms with E-state index in [2.05, 4.69) is 15.3 Å². The first-order chi connectivity index (χ1) is 17.1. The number of amides is 1. The van der Waals surface area contributed by atoms with Crippen LogP contribution in [0.1, 0.15) is 66.7 Å². The fourth-order valence-electron chi connectivity index (χ4n) is 4.55. The molecule has 7 nitrogen and oxygen atoms in total. The molecule has 1 aliphatic rings. The molecule has 0 saturated heterocycles. The SMILES string of the molecule is CC1(C)CC[C@@H](c2cnc(N)c(-c3ccc(C(=O)N[C@H](CO)c4cccc(Cl)c4)c(F)c3)n2)C[C@@H]1O. The van der Waals surface area contributed by atoms with E-state index in [9.17, 15) is 15.0 Å². The van der Waals surface area contributed by atoms with E-state index < -0.39 is 23.9 Å². The smallest absolute Gasteiger partial charge is 0.254 e. The number of benzene rings is 2. The van der Waals surface area contributed by atoms with Gasteiger partial charge in [0.2, 0.25) is 0 Å². The van der Waals surface area contributed by atoms with Crippen LogP contribution >= 0.6 is 11.6 Å². The van der Waals surface area contributed by atoms with Gasteiger partial charge in [-0.2, -0.15) is 0 Å². The number of rotatable bonds is 6. The average Bonchev–Trinajstić information content (AvgIpc) is 2.84. The van der Waals surface area contributed by atoms with Crippen molar-refractivity contribution in [2.75, 3.05) is 12.3 Å². The van der Waals surface area contributed by atoms with Crippen molar-refractivity contribution < 1.29 is 19.4 Å². The minimum absolute atomic E-state index is 0.0247. The number of aliphatic hydroxyl groups is 2. The first-order valence-corrected chi connectivity index (χ1v) is 12.2. The molecule has 0 spiro atoms. The number of nitrogen functional groups attached to an aromatic ring is 1. The number of hydrogen-bond acceptors (Lipinski definition) is 6. The Hall–Kier alpha value is -3.07. The predicted octanol–water partition coefficient (Wildman–Crippen LogP) is 4.64. The lowest BCUT2D eigenvalue weighted by atomic mass is 9.70. The van der Waals surface area contributed by atoms with Crippen LogP contribution in [-0.2, 0) is 0 Å². The molecule has 1 aliphatic carbocycles. The molecule has 36 heavy (non-hydrogen) atoms. The molecule has 1 amide bonds. The molecule has 4 rings (SSSR count). The minimum atomic E-state index is -0.755. The van der Waals surface area contributed by atoms with E-state index in [0.717, 1.165) is 12.8 Å². The van der Waals surface area contributed by atoms with Crippen molar-refractivity contribution in [1.29, 1.82) is 0 Å². The van der Waals surface area contributed by atoms with Crippen LogP contribution in [-0.4, -0.2) is 38.8 Å². The third-order valence-corrected chi connectivity index (χ3v) is 7.25. The Morgan fingerprint density at radius 1 is 1.31 bits per heavy atom. The molecule has 1 aromatic heterocycles. The predicted molar refractivity (Wildman–Crippen MR) is 137 cm³/mol. The van der Waals surface area contributed by atoms with Gasteiger partial charge in [0.05, 0.1) is 36.2 Å². The highest BCUT2D eigenvalue weighted by atomic mass is 35.5. The van der Waals surface area contributed by atoms with E-state index in [1.807, 2.05) is 13.8 Å². The highest BCUT2D eigenvalue weighted by Crippen LogP contribution is 2.42. The van der Waals surface area contributed by atoms with Gasteiger partial charge in [0.15, 0.2) is 0 Å². The topological polar surface area (TPSA) is 121 Å². The lowest BCUT2D eigenvalue weighted by Crippen LogP contribution is -2.35. The van der Waals surface area contributed by atoms with Crippen LogP contribution in [0.4, 0.5) is 10.2 Å². The summed E-state index contributed by atoms with van der Waals surface area (Å²) >= 11 is 6.01. The number of carbonyl (C=O) groups excluding carboxylic acids is 1. The van der Waals surface area contributed by atoms with Crippen molar-refractivity contribution in [1.82, 2.24) is 15.3 Å². The fourth-order valence-corrected chi connectivity index (χ4v) is 4.75. The van der Waals surface area contributed by atoms with E-state index in [4.69, 9.17) is 17.3 Å². The molecule has 1 heterocycles. The van der Waals surface area contributed by atoms with Crippen molar-refractivity contribution in [3.8, 4) is 11.3 Å². The number of nitrogens with two attached hydrogens (primary N) is 1. The molecule has 0 radical (unpaired) electrons. The quantitative estimate of drug-likeness (QED) is 0.382. The molecule has 1 fully saturated rings. The number of hydrogen-bond donors (Lipinski definition) is 4. The lowest BCUT2D eigenvalue weighted by molar-refractivity contribution is 0.00476. The van der Waals surface area contributed by atoms with E-state index in [-0.39, 0.29) is 29.3 Å². The Kier molecular flexibility index (Phi) is 7.59. The zero-order chi connectivity index (χ0) is 26.0. The van der Waals surface area contributed by atoms with E-state index in [1.165, 1.54) is 12.1 Å². The molecule has 0 aliphatic heterocycles. The van der Waals surface area contributed by atoms with E-state index >= 15 is 4.39 Å². The van der Waals surface area contributed by atoms with Crippen molar-refractivity contribution in [3.63, 3.8) is 0 Å². The van der Waals surface area contributed by atoms with Gasteiger partial charge in [-0.05, 0) is 54.5 Å². The standard InChI is InChI=1S/C27H30ClFN4O3/c1-27(2)9-8-16(12-23(27)35)21-13-31-25(30)24(32-21)17-6-7-19(20(29)11-17)26(36)33-22(14-34)15-4-3-5-18(28)10-15/h3-7,10-11,13,16,22-23,34-35H,8-9,12,14H2,1-2H3,(H2,30,31)(H,33,36)/t16-,22-,23+/m1/s1. The zero-order valence-electron chi connectivity index (χ0n) is 20.2. The van der Waals surface area contributed by atoms with Gasteiger partial charge in [0, 0.05) is 16.5 Å². The van der Waals surface area contributed by atoms with Crippen LogP contribution in [0.25, 0.3) is 11.3 Å². The molecule has 9 heteroatoms. The summed E-state index contributed by atoms with van der Waals surface area (Å²) < 4.78 is 15.1. The van der Waals surface area contributed by atoms with E-state index in [0.29, 0.717) is 34.0 Å². The molecule has 190 valence electrons. The Morgan fingerprint density at radius 3 is 2.75 bits per heavy atom. The first-order valence-electron chi connectivity index (χ1n) is 11.9. The lowest BCUT2D eigenvalue weighted by Gasteiger charge is -2.38. The molecular weight excluding hydrogens is 483 g/mol. The summed E-state index contributed by atoms with van der Waals surface area (Å²) in [5.41, 5.74) is 7.75. The second-order valence-corrected chi connectivity index (χ2v) is 10.4. The van der Waals surface area contributed by atoms with Crippen molar-refractivity contribution in [2.24, 2.45) is 5.41 Å². The van der Waals surface area contributed by atoms with E-state index in [1.54, 1.807) is 36.5 Å². The van der Waals surface area contributed by atoms with Crippen LogP contribution in [0.15, 0.2) is 48.7 Å². The molecule has 0 unspecified atom stereocenters. The van der Waals surface area contributed by atoms with Gasteiger partial charge >= 0.3 is 0 Å². The summed E-state index contributed by atoms with van der Waals surface area (Å²) in [7, 11) is 0. The summed E-state index contributed by atoms with van der Waals surface area (Å²) in [6, 6.07) is 10.1. The summed E-state index contributed by atoms with van der Waals surface area (Å²) in [5.74, 6) is -1.26. The van der Waals surface area contributed by atoms with Crippen molar-refractivity contribution in [3.05, 3.63) is 76.3 Å². The number of nitrogens with one attached hydrogen (secondary N) is 1. The molecule has 2 aromatic carbocycles. The van der Waals surface area contributed by atoms with Crippen LogP contribution in [0.2, 0.25) is 5.02 Å². The van der Waals surface area contributed by atoms with Gasteiger partial charge in [-0.25, -0.2) is 14.4 Å². The number of aliphatic hydroxyl groups excluding tert-OH is 2. The van der Waals surface area contributed by atoms with Crippen LogP contribution in [0, 0.1) is 11.2 Å². The Morgan fingerprint density at radius 2 is 2.08 bits per heavy atom. The van der Waals surface area contributed by atoms with Gasteiger partial charge < -0.3 is 21.3 Å². The highest BCUT2D eigenvalue weighted by Gasteiger charge is 2.36. The zero-order valence-corrected chi connectivity index (χ0v) is 21.0. The van der Waals surface area contributed by atoms with Gasteiger partial charge in [-0.3, -0.25) is 4.79 Å². The molecule has 3 atom stereocenters. The Balaban J connectivity index is 1.55. The molecule has 5 N–H and O–H groups in total.